The van der Waals surface area contributed by atoms with E-state index in [0.29, 0.717) is 23.7 Å². The number of aromatic nitrogens is 1. The number of amides is 1. The summed E-state index contributed by atoms with van der Waals surface area (Å²) in [5.41, 5.74) is 5.57. The number of nitrogens with zero attached hydrogens (tertiary/aromatic N) is 2. The normalized spacial score (nSPS) is 46.9. The molecule has 0 unspecified atom stereocenters. The summed E-state index contributed by atoms with van der Waals surface area (Å²) in [6.45, 7) is 17.2. The highest BCUT2D eigenvalue weighted by molar-refractivity contribution is 5.86. The summed E-state index contributed by atoms with van der Waals surface area (Å²) in [5, 5.41) is 15.4. The van der Waals surface area contributed by atoms with Gasteiger partial charge in [0.25, 0.3) is 0 Å². The molecule has 5 nitrogen and oxygen atoms in total. The number of nitrogens with one attached hydrogen (secondary N) is 1. The highest BCUT2D eigenvalue weighted by Gasteiger charge is 2.69. The summed E-state index contributed by atoms with van der Waals surface area (Å²) in [7, 11) is 0. The van der Waals surface area contributed by atoms with E-state index in [0.717, 1.165) is 50.5 Å². The van der Waals surface area contributed by atoms with Crippen molar-refractivity contribution < 1.29 is 9.90 Å². The monoisotopic (exact) mass is 559 g/mol. The minimum Gasteiger partial charge on any atom is -0.393 e. The van der Waals surface area contributed by atoms with Crippen molar-refractivity contribution in [2.75, 3.05) is 0 Å². The Kier molecular flexibility index (Phi) is 6.92. The fourth-order valence-electron chi connectivity index (χ4n) is 11.6. The Hall–Kier alpha value is -2.01. The lowest BCUT2D eigenvalue weighted by atomic mass is 9.33. The standard InChI is InChI=1S/C36H53N3O2/c1-23-12-17-36(31(41)39-38-22-25-9-8-20-37-21-25)19-18-34(6)26(30(36)24(23)2)10-11-28-33(5)15-14-29(40)32(3,4)27(33)13-16-35(28,34)7/h8-10,20-24,27-30,40H,11-19H2,1-7H3,(H,39,41)/b38-22+/t23-,24+,27+,28-,29+,30+,33+,34-,35-,36+/m1/s1. The van der Waals surface area contributed by atoms with Crippen LogP contribution in [-0.2, 0) is 4.79 Å². The molecule has 0 aliphatic heterocycles. The molecule has 41 heavy (non-hydrogen) atoms. The number of allylic oxidation sites excluding steroid dienone is 2. The first kappa shape index (κ1) is 29.1. The molecule has 0 aromatic carbocycles. The number of carbonyl (C=O) groups is 1. The first-order valence-electron chi connectivity index (χ1n) is 16.4. The zero-order valence-corrected chi connectivity index (χ0v) is 26.5. The molecule has 1 amide bonds. The maximum Gasteiger partial charge on any atom is 0.246 e. The Morgan fingerprint density at radius 3 is 2.54 bits per heavy atom. The fraction of sp³-hybridized carbons (Fsp3) is 0.750. The number of pyridine rings is 1. The van der Waals surface area contributed by atoms with E-state index in [-0.39, 0.29) is 39.6 Å². The molecule has 0 bridgehead atoms. The van der Waals surface area contributed by atoms with Crippen molar-refractivity contribution in [2.24, 2.45) is 61.8 Å². The third kappa shape index (κ3) is 3.99. The SMILES string of the molecule is C[C@H]1[C@H](C)CC[C@]2(C(=O)N/N=C/c3cccnc3)CC[C@]3(C)C(=CC[C@@H]4[C@@]5(C)CC[C@H](O)C(C)(C)[C@@H]5CC[C@]43C)[C@H]12. The summed E-state index contributed by atoms with van der Waals surface area (Å²) in [6.07, 6.45) is 17.3. The van der Waals surface area contributed by atoms with E-state index >= 15 is 0 Å². The van der Waals surface area contributed by atoms with E-state index in [1.807, 2.05) is 12.1 Å². The van der Waals surface area contributed by atoms with Crippen LogP contribution in [0.15, 0.2) is 41.3 Å². The number of aliphatic hydroxyl groups excluding tert-OH is 1. The minimum atomic E-state index is -0.398. The molecule has 1 aromatic heterocycles. The zero-order chi connectivity index (χ0) is 29.4. The van der Waals surface area contributed by atoms with Crippen LogP contribution in [0.3, 0.4) is 0 Å². The molecule has 224 valence electrons. The van der Waals surface area contributed by atoms with Gasteiger partial charge >= 0.3 is 0 Å². The summed E-state index contributed by atoms with van der Waals surface area (Å²) in [6, 6.07) is 3.84. The van der Waals surface area contributed by atoms with Crippen LogP contribution in [0.2, 0.25) is 0 Å². The first-order chi connectivity index (χ1) is 19.3. The average molecular weight is 560 g/mol. The summed E-state index contributed by atoms with van der Waals surface area (Å²) in [5.74, 6) is 2.58. The third-order valence-corrected chi connectivity index (χ3v) is 14.5. The van der Waals surface area contributed by atoms with Gasteiger partial charge in [-0.2, -0.15) is 5.10 Å². The van der Waals surface area contributed by atoms with Crippen LogP contribution in [-0.4, -0.2) is 28.3 Å². The van der Waals surface area contributed by atoms with E-state index in [4.69, 9.17) is 0 Å². The molecule has 2 N–H and O–H groups in total. The number of fused-ring (bicyclic) bond motifs is 7. The fourth-order valence-corrected chi connectivity index (χ4v) is 11.6. The van der Waals surface area contributed by atoms with E-state index in [9.17, 15) is 9.90 Å². The molecular weight excluding hydrogens is 506 g/mol. The lowest BCUT2D eigenvalue weighted by Gasteiger charge is -2.71. The first-order valence-corrected chi connectivity index (χ1v) is 16.4. The largest absolute Gasteiger partial charge is 0.393 e. The molecule has 10 atom stereocenters. The second kappa shape index (κ2) is 9.76. The van der Waals surface area contributed by atoms with Gasteiger partial charge in [-0.3, -0.25) is 9.78 Å². The molecule has 1 heterocycles. The van der Waals surface area contributed by atoms with Crippen molar-refractivity contribution in [3.8, 4) is 0 Å². The molecule has 4 fully saturated rings. The van der Waals surface area contributed by atoms with Gasteiger partial charge in [-0.25, -0.2) is 5.43 Å². The van der Waals surface area contributed by atoms with Crippen LogP contribution < -0.4 is 5.43 Å². The van der Waals surface area contributed by atoms with Crippen molar-refractivity contribution in [3.05, 3.63) is 41.7 Å². The Morgan fingerprint density at radius 1 is 1.02 bits per heavy atom. The van der Waals surface area contributed by atoms with Crippen LogP contribution in [0, 0.1) is 56.7 Å². The smallest absolute Gasteiger partial charge is 0.246 e. The van der Waals surface area contributed by atoms with Crippen LogP contribution in [0.1, 0.15) is 112 Å². The van der Waals surface area contributed by atoms with Crippen molar-refractivity contribution in [1.82, 2.24) is 10.4 Å². The van der Waals surface area contributed by atoms with Crippen molar-refractivity contribution in [3.63, 3.8) is 0 Å². The topological polar surface area (TPSA) is 74.6 Å². The predicted octanol–water partition coefficient (Wildman–Crippen LogP) is 7.55. The molecule has 1 aromatic rings. The van der Waals surface area contributed by atoms with Crippen LogP contribution in [0.25, 0.3) is 0 Å². The number of hydrazone groups is 1. The quantitative estimate of drug-likeness (QED) is 0.228. The number of rotatable bonds is 3. The Balaban J connectivity index is 1.36. The predicted molar refractivity (Wildman–Crippen MR) is 165 cm³/mol. The molecule has 0 spiro atoms. The van der Waals surface area contributed by atoms with Gasteiger partial charge in [-0.05, 0) is 115 Å². The average Bonchev–Trinajstić information content (AvgIpc) is 2.94. The minimum absolute atomic E-state index is 0.0390. The van der Waals surface area contributed by atoms with Gasteiger partial charge in [0.1, 0.15) is 0 Å². The van der Waals surface area contributed by atoms with E-state index in [2.05, 4.69) is 70.1 Å². The summed E-state index contributed by atoms with van der Waals surface area (Å²) >= 11 is 0. The van der Waals surface area contributed by atoms with Crippen molar-refractivity contribution in [2.45, 2.75) is 112 Å². The lowest BCUT2D eigenvalue weighted by Crippen LogP contribution is -2.65. The van der Waals surface area contributed by atoms with Crippen LogP contribution in [0.4, 0.5) is 0 Å². The van der Waals surface area contributed by atoms with Gasteiger partial charge < -0.3 is 5.11 Å². The van der Waals surface area contributed by atoms with Crippen LogP contribution >= 0.6 is 0 Å². The van der Waals surface area contributed by atoms with Gasteiger partial charge in [0, 0.05) is 18.0 Å². The van der Waals surface area contributed by atoms with Crippen molar-refractivity contribution >= 4 is 12.1 Å². The van der Waals surface area contributed by atoms with Gasteiger partial charge in [-0.1, -0.05) is 66.2 Å². The molecule has 5 heteroatoms. The summed E-state index contributed by atoms with van der Waals surface area (Å²) < 4.78 is 0. The molecule has 5 aliphatic carbocycles. The second-order valence-corrected chi connectivity index (χ2v) is 16.2. The second-order valence-electron chi connectivity index (χ2n) is 16.2. The number of aliphatic hydroxyl groups is 1. The Labute approximate surface area is 248 Å². The molecular formula is C36H53N3O2. The third-order valence-electron chi connectivity index (χ3n) is 14.5. The lowest BCUT2D eigenvalue weighted by molar-refractivity contribution is -0.204. The number of hydrogen-bond donors (Lipinski definition) is 2. The van der Waals surface area contributed by atoms with Gasteiger partial charge in [0.15, 0.2) is 0 Å². The van der Waals surface area contributed by atoms with Crippen LogP contribution in [0.5, 0.6) is 0 Å². The van der Waals surface area contributed by atoms with E-state index in [1.54, 1.807) is 24.2 Å². The Morgan fingerprint density at radius 2 is 1.80 bits per heavy atom. The zero-order valence-electron chi connectivity index (χ0n) is 26.5. The molecule has 5 aliphatic rings. The highest BCUT2D eigenvalue weighted by atomic mass is 16.3. The molecule has 6 rings (SSSR count). The van der Waals surface area contributed by atoms with Crippen molar-refractivity contribution in [1.29, 1.82) is 0 Å². The van der Waals surface area contributed by atoms with Gasteiger partial charge in [-0.15, -0.1) is 0 Å². The number of carbonyl (C=O) groups excluding carboxylic acids is 1. The summed E-state index contributed by atoms with van der Waals surface area (Å²) in [4.78, 5) is 18.4. The molecule has 4 saturated carbocycles. The molecule has 0 radical (unpaired) electrons. The maximum absolute atomic E-state index is 14.2. The molecule has 0 saturated heterocycles. The van der Waals surface area contributed by atoms with E-state index in [1.165, 1.54) is 12.8 Å². The number of hydrogen-bond acceptors (Lipinski definition) is 4. The Bertz CT molecular complexity index is 1240. The maximum atomic E-state index is 14.2. The van der Waals surface area contributed by atoms with Gasteiger partial charge in [0.2, 0.25) is 5.91 Å². The van der Waals surface area contributed by atoms with Gasteiger partial charge in [0.05, 0.1) is 17.7 Å². The van der Waals surface area contributed by atoms with E-state index < -0.39 is 5.41 Å². The highest BCUT2D eigenvalue weighted by Crippen LogP contribution is 2.75.